The predicted molar refractivity (Wildman–Crippen MR) is 29.4 cm³/mol. The fraction of sp³-hybridized carbons (Fsp3) is 1.00. The van der Waals surface area contributed by atoms with Gasteiger partial charge in [-0.05, 0) is 7.05 Å². The molecule has 0 saturated carbocycles. The van der Waals surface area contributed by atoms with Crippen molar-refractivity contribution in [3.63, 3.8) is 0 Å². The van der Waals surface area contributed by atoms with Gasteiger partial charge in [-0.1, -0.05) is 0 Å². The van der Waals surface area contributed by atoms with Crippen LogP contribution in [0.2, 0.25) is 0 Å². The molecule has 1 N–H and O–H groups in total. The van der Waals surface area contributed by atoms with Gasteiger partial charge in [0.25, 0.3) is 0 Å². The Morgan fingerprint density at radius 1 is 1.33 bits per heavy atom. The van der Waals surface area contributed by atoms with Crippen LogP contribution in [-0.4, -0.2) is 26.2 Å². The molecule has 56 valence electrons. The Bertz CT molecular complexity index is 67.2. The number of hydrogen-bond acceptors (Lipinski definition) is 1. The summed E-state index contributed by atoms with van der Waals surface area (Å²) in [7, 11) is 1.53. The van der Waals surface area contributed by atoms with Gasteiger partial charge in [0.05, 0.1) is 0 Å². The average molecular weight is 141 g/mol. The zero-order valence-corrected chi connectivity index (χ0v) is 5.20. The Hall–Kier alpha value is -0.250. The first kappa shape index (κ1) is 8.75. The molecule has 0 bridgehead atoms. The lowest BCUT2D eigenvalue weighted by Gasteiger charge is -2.04. The maximum absolute atomic E-state index is 12.1. The summed E-state index contributed by atoms with van der Waals surface area (Å²) in [5.74, 6) is 0. The van der Waals surface area contributed by atoms with Crippen molar-refractivity contribution in [3.05, 3.63) is 0 Å². The minimum absolute atomic E-state index is 0.00431. The van der Waals surface area contributed by atoms with Crippen LogP contribution in [0.25, 0.3) is 0 Å². The number of halogens is 3. The molecule has 0 radical (unpaired) electrons. The van der Waals surface area contributed by atoms with Crippen molar-refractivity contribution in [1.82, 2.24) is 5.32 Å². The first-order chi connectivity index (χ1) is 4.16. The maximum Gasteiger partial charge on any atom is 0.241 e. The first-order valence-corrected chi connectivity index (χ1v) is 2.73. The highest BCUT2D eigenvalue weighted by molar-refractivity contribution is 4.58. The Morgan fingerprint density at radius 3 is 2.22 bits per heavy atom. The summed E-state index contributed by atoms with van der Waals surface area (Å²) in [5, 5.41) is 2.46. The summed E-state index contributed by atoms with van der Waals surface area (Å²) in [6, 6.07) is 0. The van der Waals surface area contributed by atoms with Crippen LogP contribution in [0, 0.1) is 0 Å². The second kappa shape index (κ2) is 4.61. The minimum Gasteiger partial charge on any atom is -0.317 e. The molecular formula is C5H10F3N. The van der Waals surface area contributed by atoms with Gasteiger partial charge in [-0.25, -0.2) is 13.2 Å². The zero-order valence-electron chi connectivity index (χ0n) is 5.20. The summed E-state index contributed by atoms with van der Waals surface area (Å²) in [6.45, 7) is 0.00431. The lowest BCUT2D eigenvalue weighted by molar-refractivity contribution is 0.101. The zero-order chi connectivity index (χ0) is 7.28. The SMILES string of the molecule is CNC[C@H](F)CC(F)F. The summed E-state index contributed by atoms with van der Waals surface area (Å²) in [5.41, 5.74) is 0. The first-order valence-electron chi connectivity index (χ1n) is 2.73. The van der Waals surface area contributed by atoms with E-state index in [2.05, 4.69) is 5.32 Å². The molecule has 0 aromatic carbocycles. The van der Waals surface area contributed by atoms with Crippen LogP contribution < -0.4 is 5.32 Å². The third kappa shape index (κ3) is 5.62. The van der Waals surface area contributed by atoms with E-state index < -0.39 is 19.0 Å². The number of hydrogen-bond donors (Lipinski definition) is 1. The van der Waals surface area contributed by atoms with E-state index in [-0.39, 0.29) is 6.54 Å². The highest BCUT2D eigenvalue weighted by Crippen LogP contribution is 2.05. The van der Waals surface area contributed by atoms with Crippen molar-refractivity contribution in [2.24, 2.45) is 0 Å². The van der Waals surface area contributed by atoms with Crippen LogP contribution >= 0.6 is 0 Å². The van der Waals surface area contributed by atoms with Crippen molar-refractivity contribution >= 4 is 0 Å². The molecule has 0 spiro atoms. The van der Waals surface area contributed by atoms with Gasteiger partial charge >= 0.3 is 0 Å². The quantitative estimate of drug-likeness (QED) is 0.620. The van der Waals surface area contributed by atoms with E-state index in [9.17, 15) is 13.2 Å². The van der Waals surface area contributed by atoms with Crippen LogP contribution in [-0.2, 0) is 0 Å². The topological polar surface area (TPSA) is 12.0 Å². The molecule has 0 saturated heterocycles. The van der Waals surface area contributed by atoms with Crippen molar-refractivity contribution < 1.29 is 13.2 Å². The molecule has 0 aliphatic carbocycles. The van der Waals surface area contributed by atoms with E-state index in [0.29, 0.717) is 0 Å². The van der Waals surface area contributed by atoms with Crippen molar-refractivity contribution in [2.45, 2.75) is 19.0 Å². The van der Waals surface area contributed by atoms with Gasteiger partial charge < -0.3 is 5.32 Å². The predicted octanol–water partition coefficient (Wildman–Crippen LogP) is 1.20. The molecule has 0 aromatic heterocycles. The number of rotatable bonds is 4. The fourth-order valence-electron chi connectivity index (χ4n) is 0.498. The summed E-state index contributed by atoms with van der Waals surface area (Å²) in [4.78, 5) is 0. The van der Waals surface area contributed by atoms with Gasteiger partial charge in [-0.15, -0.1) is 0 Å². The highest BCUT2D eigenvalue weighted by atomic mass is 19.3. The molecule has 0 rings (SSSR count). The highest BCUT2D eigenvalue weighted by Gasteiger charge is 2.11. The van der Waals surface area contributed by atoms with Gasteiger partial charge in [0.15, 0.2) is 0 Å². The second-order valence-corrected chi connectivity index (χ2v) is 1.78. The Labute approximate surface area is 52.2 Å². The normalized spacial score (nSPS) is 14.3. The van der Waals surface area contributed by atoms with E-state index in [1.807, 2.05) is 0 Å². The number of alkyl halides is 3. The molecule has 0 unspecified atom stereocenters. The Kier molecular flexibility index (Phi) is 4.48. The third-order valence-corrected chi connectivity index (χ3v) is 0.860. The van der Waals surface area contributed by atoms with Crippen LogP contribution in [0.1, 0.15) is 6.42 Å². The molecule has 0 fully saturated rings. The summed E-state index contributed by atoms with van der Waals surface area (Å²) < 4.78 is 34.8. The molecule has 1 atom stereocenters. The molecule has 0 aliphatic heterocycles. The smallest absolute Gasteiger partial charge is 0.241 e. The van der Waals surface area contributed by atoms with Gasteiger partial charge in [0.1, 0.15) is 6.17 Å². The summed E-state index contributed by atoms with van der Waals surface area (Å²) >= 11 is 0. The van der Waals surface area contributed by atoms with E-state index in [1.165, 1.54) is 7.05 Å². The Morgan fingerprint density at radius 2 is 1.89 bits per heavy atom. The Balaban J connectivity index is 3.15. The molecule has 0 amide bonds. The van der Waals surface area contributed by atoms with Crippen LogP contribution in [0.15, 0.2) is 0 Å². The van der Waals surface area contributed by atoms with Crippen LogP contribution in [0.4, 0.5) is 13.2 Å². The minimum atomic E-state index is -2.53. The molecule has 0 aliphatic rings. The molecule has 4 heteroatoms. The van der Waals surface area contributed by atoms with Gasteiger partial charge in [-0.3, -0.25) is 0 Å². The van der Waals surface area contributed by atoms with Crippen LogP contribution in [0.3, 0.4) is 0 Å². The van der Waals surface area contributed by atoms with Crippen LogP contribution in [0.5, 0.6) is 0 Å². The standard InChI is InChI=1S/C5H10F3N/c1-9-3-4(6)2-5(7)8/h4-5,9H,2-3H2,1H3/t4-/m1/s1. The molecular weight excluding hydrogens is 131 g/mol. The van der Waals surface area contributed by atoms with E-state index >= 15 is 0 Å². The van der Waals surface area contributed by atoms with Gasteiger partial charge in [-0.2, -0.15) is 0 Å². The van der Waals surface area contributed by atoms with E-state index in [0.717, 1.165) is 0 Å². The molecule has 1 nitrogen and oxygen atoms in total. The molecule has 0 aromatic rings. The van der Waals surface area contributed by atoms with Gasteiger partial charge in [0, 0.05) is 13.0 Å². The second-order valence-electron chi connectivity index (χ2n) is 1.78. The van der Waals surface area contributed by atoms with Crippen molar-refractivity contribution in [3.8, 4) is 0 Å². The lowest BCUT2D eigenvalue weighted by atomic mass is 10.3. The number of nitrogens with one attached hydrogen (secondary N) is 1. The average Bonchev–Trinajstić information content (AvgIpc) is 1.63. The largest absolute Gasteiger partial charge is 0.317 e. The van der Waals surface area contributed by atoms with E-state index in [1.54, 1.807) is 0 Å². The van der Waals surface area contributed by atoms with E-state index in [4.69, 9.17) is 0 Å². The third-order valence-electron chi connectivity index (χ3n) is 0.860. The monoisotopic (exact) mass is 141 g/mol. The lowest BCUT2D eigenvalue weighted by Crippen LogP contribution is -2.21. The summed E-state index contributed by atoms with van der Waals surface area (Å²) in [6.07, 6.45) is -4.62. The van der Waals surface area contributed by atoms with Crippen molar-refractivity contribution in [2.75, 3.05) is 13.6 Å². The fourth-order valence-corrected chi connectivity index (χ4v) is 0.498. The molecule has 0 heterocycles. The molecule has 9 heavy (non-hydrogen) atoms. The van der Waals surface area contributed by atoms with Gasteiger partial charge in [0.2, 0.25) is 6.43 Å². The maximum atomic E-state index is 12.1. The van der Waals surface area contributed by atoms with Crippen molar-refractivity contribution in [1.29, 1.82) is 0 Å².